The number of aromatic nitrogens is 3. The predicted octanol–water partition coefficient (Wildman–Crippen LogP) is 4.74. The van der Waals surface area contributed by atoms with Crippen molar-refractivity contribution >= 4 is 23.3 Å². The smallest absolute Gasteiger partial charge is 0.189 e. The van der Waals surface area contributed by atoms with Crippen LogP contribution < -0.4 is 0 Å². The van der Waals surface area contributed by atoms with Gasteiger partial charge in [0.15, 0.2) is 16.7 Å². The number of hydrogen-bond acceptors (Lipinski definition) is 4. The molecule has 0 saturated heterocycles. The van der Waals surface area contributed by atoms with Crippen LogP contribution in [0.3, 0.4) is 0 Å². The molecule has 0 bridgehead atoms. The van der Waals surface area contributed by atoms with E-state index in [0.717, 1.165) is 22.1 Å². The highest BCUT2D eigenvalue weighted by Gasteiger charge is 2.25. The van der Waals surface area contributed by atoms with Crippen LogP contribution in [0.15, 0.2) is 5.16 Å². The molecular weight excluding hydrogens is 346 g/mol. The van der Waals surface area contributed by atoms with Crippen molar-refractivity contribution in [3.8, 4) is 0 Å². The van der Waals surface area contributed by atoms with E-state index >= 15 is 0 Å². The lowest BCUT2D eigenvalue weighted by Gasteiger charge is -2.16. The number of rotatable bonds is 6. The number of H-pyrrole nitrogens is 1. The van der Waals surface area contributed by atoms with E-state index in [1.807, 2.05) is 20.8 Å². The van der Waals surface area contributed by atoms with Crippen molar-refractivity contribution in [2.24, 2.45) is 0 Å². The minimum absolute atomic E-state index is 0.00835. The highest BCUT2D eigenvalue weighted by Crippen LogP contribution is 2.35. The van der Waals surface area contributed by atoms with Gasteiger partial charge in [-0.25, -0.2) is 4.98 Å². The number of Topliss-reactive ketones (excluding diaryl/α,β-unsaturated/α-hetero) is 2. The Morgan fingerprint density at radius 3 is 2.42 bits per heavy atom. The largest absolute Gasteiger partial charge is 0.355 e. The molecule has 0 unspecified atom stereocenters. The van der Waals surface area contributed by atoms with E-state index in [0.29, 0.717) is 23.1 Å². The van der Waals surface area contributed by atoms with Crippen LogP contribution in [0.5, 0.6) is 0 Å². The summed E-state index contributed by atoms with van der Waals surface area (Å²) in [6.45, 7) is 9.36. The van der Waals surface area contributed by atoms with Crippen LogP contribution in [0.4, 0.5) is 0 Å². The number of imidazole rings is 1. The highest BCUT2D eigenvalue weighted by molar-refractivity contribution is 7.99. The van der Waals surface area contributed by atoms with E-state index in [1.165, 1.54) is 50.1 Å². The van der Waals surface area contributed by atoms with Crippen molar-refractivity contribution in [1.82, 2.24) is 14.5 Å². The maximum absolute atomic E-state index is 12.8. The SMILES string of the molecule is CC(=O)c1c(C)[nH]c(C(=O)CSc2nc(C)c(C)n2C2CCCC2)c1C. The molecule has 6 heteroatoms. The van der Waals surface area contributed by atoms with Crippen molar-refractivity contribution in [3.05, 3.63) is 33.9 Å². The van der Waals surface area contributed by atoms with E-state index in [4.69, 9.17) is 4.98 Å². The van der Waals surface area contributed by atoms with Crippen molar-refractivity contribution in [1.29, 1.82) is 0 Å². The third-order valence-electron chi connectivity index (χ3n) is 5.45. The Bertz CT molecular complexity index is 857. The molecule has 0 aliphatic heterocycles. The Labute approximate surface area is 159 Å². The maximum atomic E-state index is 12.8. The average Bonchev–Trinajstić information content (AvgIpc) is 3.25. The second-order valence-electron chi connectivity index (χ2n) is 7.27. The first kappa shape index (κ1) is 19.0. The van der Waals surface area contributed by atoms with Crippen LogP contribution in [-0.4, -0.2) is 31.9 Å². The fourth-order valence-electron chi connectivity index (χ4n) is 4.05. The van der Waals surface area contributed by atoms with Crippen LogP contribution in [0, 0.1) is 27.7 Å². The van der Waals surface area contributed by atoms with E-state index in [-0.39, 0.29) is 11.6 Å². The first-order valence-corrected chi connectivity index (χ1v) is 10.2. The first-order valence-electron chi connectivity index (χ1n) is 9.22. The minimum atomic E-state index is -0.00835. The van der Waals surface area contributed by atoms with Crippen LogP contribution in [0.2, 0.25) is 0 Å². The predicted molar refractivity (Wildman–Crippen MR) is 105 cm³/mol. The Morgan fingerprint density at radius 1 is 1.19 bits per heavy atom. The van der Waals surface area contributed by atoms with E-state index in [2.05, 4.69) is 16.5 Å². The van der Waals surface area contributed by atoms with Crippen molar-refractivity contribution in [2.45, 2.75) is 71.5 Å². The number of aromatic amines is 1. The Kier molecular flexibility index (Phi) is 5.42. The fraction of sp³-hybridized carbons (Fsp3) is 0.550. The molecule has 0 radical (unpaired) electrons. The van der Waals surface area contributed by atoms with Gasteiger partial charge in [0.05, 0.1) is 17.1 Å². The summed E-state index contributed by atoms with van der Waals surface area (Å²) in [5.74, 6) is 0.325. The summed E-state index contributed by atoms with van der Waals surface area (Å²) >= 11 is 1.50. The zero-order valence-electron chi connectivity index (χ0n) is 16.2. The molecule has 1 aliphatic carbocycles. The number of hydrogen-bond donors (Lipinski definition) is 1. The third-order valence-corrected chi connectivity index (χ3v) is 6.40. The zero-order chi connectivity index (χ0) is 19.0. The minimum Gasteiger partial charge on any atom is -0.355 e. The number of ketones is 2. The number of nitrogens with one attached hydrogen (secondary N) is 1. The molecule has 1 aliphatic rings. The quantitative estimate of drug-likeness (QED) is 0.587. The molecule has 0 amide bonds. The highest BCUT2D eigenvalue weighted by atomic mass is 32.2. The molecule has 3 rings (SSSR count). The molecule has 0 aromatic carbocycles. The zero-order valence-corrected chi connectivity index (χ0v) is 17.0. The summed E-state index contributed by atoms with van der Waals surface area (Å²) < 4.78 is 2.33. The number of carbonyl (C=O) groups excluding carboxylic acids is 2. The summed E-state index contributed by atoms with van der Waals surface area (Å²) in [6, 6.07) is 0.507. The second kappa shape index (κ2) is 7.43. The van der Waals surface area contributed by atoms with Crippen molar-refractivity contribution in [2.75, 3.05) is 5.75 Å². The van der Waals surface area contributed by atoms with Gasteiger partial charge in [-0.15, -0.1) is 0 Å². The van der Waals surface area contributed by atoms with Crippen LogP contribution >= 0.6 is 11.8 Å². The normalized spacial score (nSPS) is 15.0. The molecular formula is C20H27N3O2S. The molecule has 2 heterocycles. The summed E-state index contributed by atoms with van der Waals surface area (Å²) in [5, 5.41) is 0.938. The summed E-state index contributed by atoms with van der Waals surface area (Å²) in [6.07, 6.45) is 4.91. The lowest BCUT2D eigenvalue weighted by Crippen LogP contribution is -2.10. The average molecular weight is 374 g/mol. The number of nitrogens with zero attached hydrogens (tertiary/aromatic N) is 2. The molecule has 0 atom stereocenters. The number of aryl methyl sites for hydroxylation is 2. The fourth-order valence-corrected chi connectivity index (χ4v) is 5.08. The topological polar surface area (TPSA) is 67.8 Å². The molecule has 1 saturated carbocycles. The van der Waals surface area contributed by atoms with Crippen molar-refractivity contribution < 1.29 is 9.59 Å². The molecule has 2 aromatic heterocycles. The Balaban J connectivity index is 1.80. The summed E-state index contributed by atoms with van der Waals surface area (Å²) in [7, 11) is 0. The van der Waals surface area contributed by atoms with Gasteiger partial charge >= 0.3 is 0 Å². The third kappa shape index (κ3) is 3.39. The van der Waals surface area contributed by atoms with Gasteiger partial charge in [-0.05, 0) is 53.0 Å². The van der Waals surface area contributed by atoms with Gasteiger partial charge in [0.2, 0.25) is 0 Å². The van der Waals surface area contributed by atoms with Gasteiger partial charge in [0.1, 0.15) is 0 Å². The maximum Gasteiger partial charge on any atom is 0.189 e. The molecule has 0 spiro atoms. The number of carbonyl (C=O) groups is 2. The second-order valence-corrected chi connectivity index (χ2v) is 8.21. The number of thioether (sulfide) groups is 1. The monoisotopic (exact) mass is 373 g/mol. The summed E-state index contributed by atoms with van der Waals surface area (Å²) in [4.78, 5) is 32.3. The van der Waals surface area contributed by atoms with Crippen LogP contribution in [0.1, 0.15) is 82.1 Å². The first-order chi connectivity index (χ1) is 12.3. The van der Waals surface area contributed by atoms with E-state index in [9.17, 15) is 9.59 Å². The Hall–Kier alpha value is -1.82. The van der Waals surface area contributed by atoms with Gasteiger partial charge < -0.3 is 9.55 Å². The van der Waals surface area contributed by atoms with Crippen molar-refractivity contribution in [3.63, 3.8) is 0 Å². The van der Waals surface area contributed by atoms with Gasteiger partial charge in [0, 0.05) is 23.0 Å². The standard InChI is InChI=1S/C20H27N3O2S/c1-11-18(15(5)24)13(3)21-19(11)17(25)10-26-20-22-12(2)14(4)23(20)16-8-6-7-9-16/h16,21H,6-10H2,1-5H3. The molecule has 5 nitrogen and oxygen atoms in total. The lowest BCUT2D eigenvalue weighted by molar-refractivity contribution is 0.101. The molecule has 2 aromatic rings. The van der Waals surface area contributed by atoms with Crippen LogP contribution in [0.25, 0.3) is 0 Å². The van der Waals surface area contributed by atoms with E-state index in [1.54, 1.807) is 0 Å². The molecule has 1 N–H and O–H groups in total. The van der Waals surface area contributed by atoms with Gasteiger partial charge in [0.25, 0.3) is 0 Å². The van der Waals surface area contributed by atoms with Gasteiger partial charge in [-0.3, -0.25) is 9.59 Å². The van der Waals surface area contributed by atoms with E-state index < -0.39 is 0 Å². The van der Waals surface area contributed by atoms with Gasteiger partial charge in [-0.1, -0.05) is 24.6 Å². The van der Waals surface area contributed by atoms with Gasteiger partial charge in [-0.2, -0.15) is 0 Å². The Morgan fingerprint density at radius 2 is 1.85 bits per heavy atom. The van der Waals surface area contributed by atoms with Crippen LogP contribution in [-0.2, 0) is 0 Å². The molecule has 26 heavy (non-hydrogen) atoms. The molecule has 1 fully saturated rings. The lowest BCUT2D eigenvalue weighted by atomic mass is 10.1. The molecule has 140 valence electrons. The summed E-state index contributed by atoms with van der Waals surface area (Å²) in [5.41, 5.74) is 4.95.